The van der Waals surface area contributed by atoms with Crippen LogP contribution < -0.4 is 5.32 Å². The Morgan fingerprint density at radius 3 is 2.79 bits per heavy atom. The quantitative estimate of drug-likeness (QED) is 0.860. The number of fused-ring (bicyclic) bond motifs is 1. The maximum Gasteiger partial charge on any atom is 0.244 e. The molecule has 1 amide bonds. The molecule has 1 aliphatic heterocycles. The van der Waals surface area contributed by atoms with Gasteiger partial charge in [-0.15, -0.1) is 0 Å². The van der Waals surface area contributed by atoms with E-state index in [4.69, 9.17) is 4.74 Å². The van der Waals surface area contributed by atoms with E-state index < -0.39 is 0 Å². The average molecular weight is 324 g/mol. The van der Waals surface area contributed by atoms with E-state index >= 15 is 0 Å². The molecule has 1 unspecified atom stereocenters. The molecule has 0 bridgehead atoms. The third-order valence-electron chi connectivity index (χ3n) is 4.48. The van der Waals surface area contributed by atoms with Gasteiger partial charge in [-0.1, -0.05) is 42.5 Å². The van der Waals surface area contributed by atoms with Gasteiger partial charge in [-0.05, 0) is 29.3 Å². The topological polar surface area (TPSA) is 41.6 Å². The maximum absolute atomic E-state index is 12.1. The first-order chi connectivity index (χ1) is 11.7. The van der Waals surface area contributed by atoms with Crippen molar-refractivity contribution in [1.29, 1.82) is 0 Å². The molecule has 1 atom stereocenters. The van der Waals surface area contributed by atoms with Crippen LogP contribution in [0, 0.1) is 0 Å². The number of rotatable bonds is 5. The van der Waals surface area contributed by atoms with Crippen molar-refractivity contribution in [3.63, 3.8) is 0 Å². The number of benzene rings is 2. The van der Waals surface area contributed by atoms with Crippen molar-refractivity contribution in [3.05, 3.63) is 54.1 Å². The number of carbonyl (C=O) groups excluding carboxylic acids is 1. The Morgan fingerprint density at radius 1 is 1.21 bits per heavy atom. The lowest BCUT2D eigenvalue weighted by Crippen LogP contribution is -2.47. The Hall–Kier alpha value is -2.17. The summed E-state index contributed by atoms with van der Waals surface area (Å²) in [5, 5.41) is 5.33. The van der Waals surface area contributed by atoms with E-state index in [1.165, 1.54) is 5.39 Å². The predicted molar refractivity (Wildman–Crippen MR) is 97.8 cm³/mol. The summed E-state index contributed by atoms with van der Waals surface area (Å²) in [4.78, 5) is 14.4. The van der Waals surface area contributed by atoms with E-state index in [1.807, 2.05) is 30.3 Å². The molecule has 2 aromatic rings. The summed E-state index contributed by atoms with van der Waals surface area (Å²) in [6.07, 6.45) is 3.50. The van der Waals surface area contributed by atoms with Gasteiger partial charge in [-0.2, -0.15) is 0 Å². The highest BCUT2D eigenvalue weighted by molar-refractivity contribution is 5.96. The molecule has 0 aliphatic carbocycles. The second kappa shape index (κ2) is 8.08. The zero-order valence-corrected chi connectivity index (χ0v) is 14.1. The zero-order valence-electron chi connectivity index (χ0n) is 14.1. The first kappa shape index (κ1) is 16.7. The molecule has 1 heterocycles. The van der Waals surface area contributed by atoms with Crippen molar-refractivity contribution in [2.45, 2.75) is 13.0 Å². The van der Waals surface area contributed by atoms with E-state index in [2.05, 4.69) is 35.3 Å². The fourth-order valence-corrected chi connectivity index (χ4v) is 3.02. The van der Waals surface area contributed by atoms with E-state index in [9.17, 15) is 4.79 Å². The van der Waals surface area contributed by atoms with Gasteiger partial charge in [0.25, 0.3) is 0 Å². The van der Waals surface area contributed by atoms with Crippen LogP contribution >= 0.6 is 0 Å². The van der Waals surface area contributed by atoms with Crippen LogP contribution in [0.4, 0.5) is 0 Å². The van der Waals surface area contributed by atoms with E-state index in [0.717, 1.165) is 37.3 Å². The van der Waals surface area contributed by atoms with Crippen molar-refractivity contribution < 1.29 is 9.53 Å². The van der Waals surface area contributed by atoms with Gasteiger partial charge in [0.05, 0.1) is 13.2 Å². The van der Waals surface area contributed by atoms with Crippen molar-refractivity contribution in [2.24, 2.45) is 0 Å². The lowest BCUT2D eigenvalue weighted by molar-refractivity contribution is -0.116. The lowest BCUT2D eigenvalue weighted by Gasteiger charge is -2.32. The fourth-order valence-electron chi connectivity index (χ4n) is 3.02. The van der Waals surface area contributed by atoms with Gasteiger partial charge in [0.2, 0.25) is 5.91 Å². The molecule has 1 fully saturated rings. The maximum atomic E-state index is 12.1. The molecule has 0 saturated carbocycles. The molecule has 0 aromatic heterocycles. The minimum atomic E-state index is -0.0527. The van der Waals surface area contributed by atoms with Crippen molar-refractivity contribution in [1.82, 2.24) is 10.2 Å². The first-order valence-corrected chi connectivity index (χ1v) is 8.49. The molecular weight excluding hydrogens is 300 g/mol. The average Bonchev–Trinajstić information content (AvgIpc) is 2.65. The number of ether oxygens (including phenoxy) is 1. The van der Waals surface area contributed by atoms with Gasteiger partial charge in [0.15, 0.2) is 0 Å². The minimum Gasteiger partial charge on any atom is -0.379 e. The Morgan fingerprint density at radius 2 is 1.96 bits per heavy atom. The van der Waals surface area contributed by atoms with Crippen LogP contribution in [0.1, 0.15) is 12.5 Å². The number of amides is 1. The highest BCUT2D eigenvalue weighted by Gasteiger charge is 2.16. The summed E-state index contributed by atoms with van der Waals surface area (Å²) >= 11 is 0. The van der Waals surface area contributed by atoms with Gasteiger partial charge >= 0.3 is 0 Å². The normalized spacial score (nSPS) is 17.2. The summed E-state index contributed by atoms with van der Waals surface area (Å²) in [6, 6.07) is 14.6. The molecule has 126 valence electrons. The molecule has 1 N–H and O–H groups in total. The summed E-state index contributed by atoms with van der Waals surface area (Å²) in [7, 11) is 0. The minimum absolute atomic E-state index is 0.0527. The summed E-state index contributed by atoms with van der Waals surface area (Å²) < 4.78 is 5.36. The molecule has 0 radical (unpaired) electrons. The number of nitrogens with zero attached hydrogens (tertiary/aromatic N) is 1. The van der Waals surface area contributed by atoms with Crippen molar-refractivity contribution in [3.8, 4) is 0 Å². The molecular formula is C20H24N2O2. The molecule has 2 aromatic carbocycles. The van der Waals surface area contributed by atoms with Gasteiger partial charge in [0.1, 0.15) is 0 Å². The highest BCUT2D eigenvalue weighted by Crippen LogP contribution is 2.19. The monoisotopic (exact) mass is 324 g/mol. The Kier molecular flexibility index (Phi) is 5.62. The van der Waals surface area contributed by atoms with E-state index in [0.29, 0.717) is 12.6 Å². The van der Waals surface area contributed by atoms with Crippen LogP contribution in [0.3, 0.4) is 0 Å². The highest BCUT2D eigenvalue weighted by atomic mass is 16.5. The van der Waals surface area contributed by atoms with E-state index in [-0.39, 0.29) is 5.91 Å². The van der Waals surface area contributed by atoms with Crippen LogP contribution in [-0.2, 0) is 9.53 Å². The van der Waals surface area contributed by atoms with Crippen molar-refractivity contribution >= 4 is 22.8 Å². The zero-order chi connectivity index (χ0) is 16.8. The number of hydrogen-bond donors (Lipinski definition) is 1. The Bertz CT molecular complexity index is 715. The van der Waals surface area contributed by atoms with E-state index in [1.54, 1.807) is 6.08 Å². The predicted octanol–water partition coefficient (Wildman–Crippen LogP) is 2.69. The number of hydrogen-bond acceptors (Lipinski definition) is 3. The van der Waals surface area contributed by atoms with Gasteiger partial charge < -0.3 is 10.1 Å². The standard InChI is InChI=1S/C20H24N2O2/c1-16(22-11-13-24-14-12-22)15-21-20(23)10-9-18-7-4-6-17-5-2-3-8-19(17)18/h2-10,16H,11-15H2,1H3,(H,21,23). The molecule has 3 rings (SSSR count). The third-order valence-corrected chi connectivity index (χ3v) is 4.48. The molecule has 4 heteroatoms. The summed E-state index contributed by atoms with van der Waals surface area (Å²) in [5.74, 6) is -0.0527. The van der Waals surface area contributed by atoms with Gasteiger partial charge in [0, 0.05) is 31.8 Å². The number of nitrogens with one attached hydrogen (secondary N) is 1. The van der Waals surface area contributed by atoms with Crippen LogP contribution in [-0.4, -0.2) is 49.7 Å². The second-order valence-corrected chi connectivity index (χ2v) is 6.14. The molecule has 0 spiro atoms. The Labute approximate surface area is 143 Å². The Balaban J connectivity index is 1.56. The molecule has 1 saturated heterocycles. The molecule has 24 heavy (non-hydrogen) atoms. The molecule has 1 aliphatic rings. The lowest BCUT2D eigenvalue weighted by atomic mass is 10.0. The second-order valence-electron chi connectivity index (χ2n) is 6.14. The molecule has 4 nitrogen and oxygen atoms in total. The summed E-state index contributed by atoms with van der Waals surface area (Å²) in [6.45, 7) is 6.21. The largest absolute Gasteiger partial charge is 0.379 e. The fraction of sp³-hybridized carbons (Fsp3) is 0.350. The SMILES string of the molecule is CC(CNC(=O)C=Cc1cccc2ccccc12)N1CCOCC1. The summed E-state index contributed by atoms with van der Waals surface area (Å²) in [5.41, 5.74) is 1.06. The first-order valence-electron chi connectivity index (χ1n) is 8.49. The van der Waals surface area contributed by atoms with Crippen molar-refractivity contribution in [2.75, 3.05) is 32.8 Å². The van der Waals surface area contributed by atoms with Crippen LogP contribution in [0.15, 0.2) is 48.5 Å². The number of morpholine rings is 1. The van der Waals surface area contributed by atoms with Crippen LogP contribution in [0.25, 0.3) is 16.8 Å². The number of carbonyl (C=O) groups is 1. The van der Waals surface area contributed by atoms with Crippen LogP contribution in [0.5, 0.6) is 0 Å². The van der Waals surface area contributed by atoms with Gasteiger partial charge in [-0.3, -0.25) is 9.69 Å². The smallest absolute Gasteiger partial charge is 0.244 e. The van der Waals surface area contributed by atoms with Gasteiger partial charge in [-0.25, -0.2) is 0 Å². The third kappa shape index (κ3) is 4.22. The van der Waals surface area contributed by atoms with Crippen LogP contribution in [0.2, 0.25) is 0 Å².